The molecular formula is C11H11F3N2O4. The number of carbonyl (C=O) groups is 1. The predicted octanol–water partition coefficient (Wildman–Crippen LogP) is 2.91. The zero-order valence-electron chi connectivity index (χ0n) is 10.5. The van der Waals surface area contributed by atoms with E-state index in [0.29, 0.717) is 6.07 Å². The Kier molecular flexibility index (Phi) is 4.21. The molecule has 0 saturated carbocycles. The van der Waals surface area contributed by atoms with Gasteiger partial charge < -0.3 is 10.4 Å². The maximum atomic E-state index is 12.8. The number of phenolic OH excluding ortho intramolecular Hbond substituents is 1. The summed E-state index contributed by atoms with van der Waals surface area (Å²) in [5.74, 6) is -2.53. The highest BCUT2D eigenvalue weighted by Crippen LogP contribution is 2.45. The van der Waals surface area contributed by atoms with E-state index in [-0.39, 0.29) is 0 Å². The van der Waals surface area contributed by atoms with Crippen LogP contribution in [0.4, 0.5) is 24.5 Å². The van der Waals surface area contributed by atoms with Crippen molar-refractivity contribution in [3.63, 3.8) is 0 Å². The van der Waals surface area contributed by atoms with Crippen LogP contribution in [0.1, 0.15) is 19.4 Å². The van der Waals surface area contributed by atoms with Crippen LogP contribution in [0.2, 0.25) is 0 Å². The topological polar surface area (TPSA) is 92.5 Å². The minimum atomic E-state index is -5.12. The van der Waals surface area contributed by atoms with Crippen molar-refractivity contribution in [3.05, 3.63) is 27.8 Å². The Morgan fingerprint density at radius 3 is 2.35 bits per heavy atom. The average molecular weight is 292 g/mol. The smallest absolute Gasteiger partial charge is 0.426 e. The zero-order chi connectivity index (χ0) is 15.7. The zero-order valence-corrected chi connectivity index (χ0v) is 10.5. The van der Waals surface area contributed by atoms with E-state index in [0.717, 1.165) is 6.07 Å². The van der Waals surface area contributed by atoms with Gasteiger partial charge in [-0.05, 0) is 6.07 Å². The van der Waals surface area contributed by atoms with E-state index in [1.165, 1.54) is 13.8 Å². The number of carbonyl (C=O) groups excluding carboxylic acids is 1. The lowest BCUT2D eigenvalue weighted by molar-refractivity contribution is -0.388. The molecule has 2 N–H and O–H groups in total. The molecule has 1 amide bonds. The van der Waals surface area contributed by atoms with Gasteiger partial charge in [-0.15, -0.1) is 0 Å². The van der Waals surface area contributed by atoms with Crippen molar-refractivity contribution in [1.29, 1.82) is 0 Å². The average Bonchev–Trinajstić information content (AvgIpc) is 2.29. The van der Waals surface area contributed by atoms with Crippen LogP contribution in [0.25, 0.3) is 0 Å². The molecule has 0 spiro atoms. The number of nitrogens with zero attached hydrogens (tertiary/aromatic N) is 1. The van der Waals surface area contributed by atoms with E-state index in [1.54, 1.807) is 0 Å². The van der Waals surface area contributed by atoms with Gasteiger partial charge in [0.25, 0.3) is 5.69 Å². The first-order valence-electron chi connectivity index (χ1n) is 5.44. The number of halogens is 3. The highest BCUT2D eigenvalue weighted by molar-refractivity contribution is 5.94. The molecule has 0 atom stereocenters. The molecule has 0 fully saturated rings. The third-order valence-electron chi connectivity index (χ3n) is 2.42. The van der Waals surface area contributed by atoms with Crippen LogP contribution in [0.15, 0.2) is 12.1 Å². The van der Waals surface area contributed by atoms with Crippen LogP contribution in [-0.4, -0.2) is 15.9 Å². The summed E-state index contributed by atoms with van der Waals surface area (Å²) in [4.78, 5) is 20.7. The molecule has 20 heavy (non-hydrogen) atoms. The first kappa shape index (κ1) is 15.7. The minimum Gasteiger partial charge on any atom is -0.505 e. The second kappa shape index (κ2) is 5.35. The SMILES string of the molecule is CC(C)C(=O)Nc1ccc([N+](=O)[O-])c(C(F)(F)F)c1O. The maximum Gasteiger partial charge on any atom is 0.426 e. The van der Waals surface area contributed by atoms with Crippen LogP contribution in [0.3, 0.4) is 0 Å². The highest BCUT2D eigenvalue weighted by atomic mass is 19.4. The normalized spacial score (nSPS) is 11.5. The number of alkyl halides is 3. The monoisotopic (exact) mass is 292 g/mol. The Balaban J connectivity index is 3.39. The van der Waals surface area contributed by atoms with Crippen LogP contribution < -0.4 is 5.32 Å². The van der Waals surface area contributed by atoms with Gasteiger partial charge in [-0.1, -0.05) is 13.8 Å². The second-order valence-corrected chi connectivity index (χ2v) is 4.25. The van der Waals surface area contributed by atoms with Gasteiger partial charge in [0.05, 0.1) is 10.6 Å². The molecule has 0 heterocycles. The molecule has 0 unspecified atom stereocenters. The summed E-state index contributed by atoms with van der Waals surface area (Å²) in [5, 5.41) is 22.2. The van der Waals surface area contributed by atoms with Gasteiger partial charge in [-0.3, -0.25) is 14.9 Å². The lowest BCUT2D eigenvalue weighted by Gasteiger charge is -2.14. The van der Waals surface area contributed by atoms with E-state index in [2.05, 4.69) is 5.32 Å². The van der Waals surface area contributed by atoms with E-state index in [9.17, 15) is 33.2 Å². The number of phenols is 1. The minimum absolute atomic E-state index is 0.526. The van der Waals surface area contributed by atoms with E-state index in [4.69, 9.17) is 0 Å². The molecular weight excluding hydrogens is 281 g/mol. The summed E-state index contributed by atoms with van der Waals surface area (Å²) in [6.07, 6.45) is -5.12. The third kappa shape index (κ3) is 3.16. The molecule has 9 heteroatoms. The quantitative estimate of drug-likeness (QED) is 0.509. The number of anilines is 1. The molecule has 0 aliphatic carbocycles. The van der Waals surface area contributed by atoms with Gasteiger partial charge in [0.1, 0.15) is 0 Å². The first-order valence-corrected chi connectivity index (χ1v) is 5.44. The van der Waals surface area contributed by atoms with Crippen LogP contribution >= 0.6 is 0 Å². The van der Waals surface area contributed by atoms with Crippen LogP contribution in [0.5, 0.6) is 5.75 Å². The van der Waals surface area contributed by atoms with Gasteiger partial charge in [0.2, 0.25) is 5.91 Å². The molecule has 0 bridgehead atoms. The van der Waals surface area contributed by atoms with Crippen molar-refractivity contribution in [2.24, 2.45) is 5.92 Å². The first-order chi connectivity index (χ1) is 9.05. The number of rotatable bonds is 3. The third-order valence-corrected chi connectivity index (χ3v) is 2.42. The molecule has 0 saturated heterocycles. The van der Waals surface area contributed by atoms with E-state index < -0.39 is 45.6 Å². The Morgan fingerprint density at radius 1 is 1.40 bits per heavy atom. The summed E-state index contributed by atoms with van der Waals surface area (Å²) >= 11 is 0. The van der Waals surface area contributed by atoms with E-state index >= 15 is 0 Å². The number of benzene rings is 1. The summed E-state index contributed by atoms with van der Waals surface area (Å²) in [6, 6.07) is 1.43. The second-order valence-electron chi connectivity index (χ2n) is 4.25. The standard InChI is InChI=1S/C11H11F3N2O4/c1-5(2)10(18)15-6-3-4-7(16(19)20)8(9(6)17)11(12,13)14/h3-5,17H,1-2H3,(H,15,18). The van der Waals surface area contributed by atoms with Crippen molar-refractivity contribution in [3.8, 4) is 5.75 Å². The molecule has 6 nitrogen and oxygen atoms in total. The molecule has 0 radical (unpaired) electrons. The number of hydrogen-bond acceptors (Lipinski definition) is 4. The summed E-state index contributed by atoms with van der Waals surface area (Å²) < 4.78 is 38.3. The number of amides is 1. The molecule has 1 aromatic rings. The van der Waals surface area contributed by atoms with Crippen molar-refractivity contribution < 1.29 is 28.0 Å². The Labute approximate surface area is 111 Å². The van der Waals surface area contributed by atoms with Gasteiger partial charge in [0, 0.05) is 12.0 Å². The van der Waals surface area contributed by atoms with Crippen LogP contribution in [0, 0.1) is 16.0 Å². The fourth-order valence-corrected chi connectivity index (χ4v) is 1.39. The molecule has 0 aliphatic heterocycles. The molecule has 1 rings (SSSR count). The molecule has 110 valence electrons. The molecule has 0 aliphatic rings. The van der Waals surface area contributed by atoms with Gasteiger partial charge >= 0.3 is 6.18 Å². The van der Waals surface area contributed by atoms with Crippen molar-refractivity contribution in [2.45, 2.75) is 20.0 Å². The van der Waals surface area contributed by atoms with Gasteiger partial charge in [0.15, 0.2) is 11.3 Å². The fraction of sp³-hybridized carbons (Fsp3) is 0.364. The van der Waals surface area contributed by atoms with Crippen LogP contribution in [-0.2, 0) is 11.0 Å². The fourth-order valence-electron chi connectivity index (χ4n) is 1.39. The Hall–Kier alpha value is -2.32. The summed E-state index contributed by atoms with van der Waals surface area (Å²) in [5.41, 5.74) is -3.59. The molecule has 1 aromatic carbocycles. The summed E-state index contributed by atoms with van der Waals surface area (Å²) in [7, 11) is 0. The van der Waals surface area contributed by atoms with Gasteiger partial charge in [-0.2, -0.15) is 13.2 Å². The Bertz CT molecular complexity index is 555. The lowest BCUT2D eigenvalue weighted by Crippen LogP contribution is -2.19. The Morgan fingerprint density at radius 2 is 1.95 bits per heavy atom. The number of nitrogens with one attached hydrogen (secondary N) is 1. The van der Waals surface area contributed by atoms with Crippen molar-refractivity contribution >= 4 is 17.3 Å². The number of nitro groups is 1. The number of hydrogen-bond donors (Lipinski definition) is 2. The number of nitro benzene ring substituents is 1. The summed E-state index contributed by atoms with van der Waals surface area (Å²) in [6.45, 7) is 3.00. The highest BCUT2D eigenvalue weighted by Gasteiger charge is 2.42. The van der Waals surface area contributed by atoms with Crippen molar-refractivity contribution in [2.75, 3.05) is 5.32 Å². The van der Waals surface area contributed by atoms with Crippen molar-refractivity contribution in [1.82, 2.24) is 0 Å². The lowest BCUT2D eigenvalue weighted by atomic mass is 10.1. The maximum absolute atomic E-state index is 12.8. The largest absolute Gasteiger partial charge is 0.505 e. The van der Waals surface area contributed by atoms with Gasteiger partial charge in [-0.25, -0.2) is 0 Å². The number of aromatic hydroxyl groups is 1. The van der Waals surface area contributed by atoms with E-state index in [1.807, 2.05) is 0 Å². The molecule has 0 aromatic heterocycles. The predicted molar refractivity (Wildman–Crippen MR) is 63.2 cm³/mol.